The maximum Gasteiger partial charge on any atom is 0.141 e. The highest BCUT2D eigenvalue weighted by atomic mass is 79.9. The highest BCUT2D eigenvalue weighted by Gasteiger charge is 2.02. The molecule has 0 aliphatic carbocycles. The van der Waals surface area contributed by atoms with E-state index >= 15 is 0 Å². The summed E-state index contributed by atoms with van der Waals surface area (Å²) < 4.78 is 13.6. The average molecular weight is 303 g/mol. The second kappa shape index (κ2) is 4.76. The molecule has 1 N–H and O–H groups in total. The summed E-state index contributed by atoms with van der Waals surface area (Å²) in [7, 11) is 0. The third kappa shape index (κ3) is 2.68. The fourth-order valence-electron chi connectivity index (χ4n) is 1.12. The summed E-state index contributed by atoms with van der Waals surface area (Å²) in [6, 6.07) is 6.07. The summed E-state index contributed by atoms with van der Waals surface area (Å²) in [5.74, 6) is 0.153. The molecule has 16 heavy (non-hydrogen) atoms. The molecule has 0 spiro atoms. The molecule has 0 aliphatic heterocycles. The first-order chi connectivity index (χ1) is 7.65. The van der Waals surface area contributed by atoms with Crippen LogP contribution < -0.4 is 5.32 Å². The number of halogens is 3. The Balaban J connectivity index is 2.24. The van der Waals surface area contributed by atoms with Crippen molar-refractivity contribution in [1.29, 1.82) is 0 Å². The number of rotatable bonds is 2. The Morgan fingerprint density at radius 1 is 1.25 bits per heavy atom. The third-order valence-corrected chi connectivity index (χ3v) is 2.55. The lowest BCUT2D eigenvalue weighted by Gasteiger charge is -2.05. The van der Waals surface area contributed by atoms with Crippen molar-refractivity contribution < 1.29 is 4.39 Å². The second-order valence-electron chi connectivity index (χ2n) is 2.98. The van der Waals surface area contributed by atoms with Crippen molar-refractivity contribution in [1.82, 2.24) is 9.97 Å². The molecular weight excluding hydrogens is 296 g/mol. The van der Waals surface area contributed by atoms with Crippen molar-refractivity contribution in [3.05, 3.63) is 46.0 Å². The standard InChI is InChI=1S/C10H6BrClFN3/c11-9-4-10(15-5-14-9)16-6-1-2-8(13)7(12)3-6/h1-5H,(H,14,15,16). The van der Waals surface area contributed by atoms with Crippen LogP contribution in [0.2, 0.25) is 5.02 Å². The molecule has 0 aliphatic rings. The summed E-state index contributed by atoms with van der Waals surface area (Å²) in [6.45, 7) is 0. The van der Waals surface area contributed by atoms with E-state index in [9.17, 15) is 4.39 Å². The number of aromatic nitrogens is 2. The van der Waals surface area contributed by atoms with Gasteiger partial charge in [-0.2, -0.15) is 0 Å². The Hall–Kier alpha value is -1.20. The maximum atomic E-state index is 12.9. The Labute approximate surface area is 105 Å². The molecule has 0 amide bonds. The van der Waals surface area contributed by atoms with Crippen molar-refractivity contribution in [3.63, 3.8) is 0 Å². The van der Waals surface area contributed by atoms with E-state index in [1.807, 2.05) is 0 Å². The smallest absolute Gasteiger partial charge is 0.141 e. The fraction of sp³-hybridized carbons (Fsp3) is 0. The van der Waals surface area contributed by atoms with Crippen molar-refractivity contribution in [3.8, 4) is 0 Å². The van der Waals surface area contributed by atoms with Gasteiger partial charge in [0.15, 0.2) is 0 Å². The predicted octanol–water partition coefficient (Wildman–Crippen LogP) is 3.78. The minimum absolute atomic E-state index is 0.0677. The van der Waals surface area contributed by atoms with Crippen LogP contribution in [0.15, 0.2) is 35.2 Å². The molecule has 0 radical (unpaired) electrons. The molecule has 0 atom stereocenters. The van der Waals surface area contributed by atoms with E-state index in [1.54, 1.807) is 12.1 Å². The summed E-state index contributed by atoms with van der Waals surface area (Å²) in [4.78, 5) is 7.89. The molecule has 0 bridgehead atoms. The molecule has 3 nitrogen and oxygen atoms in total. The number of hydrogen-bond acceptors (Lipinski definition) is 3. The van der Waals surface area contributed by atoms with Gasteiger partial charge in [-0.15, -0.1) is 0 Å². The second-order valence-corrected chi connectivity index (χ2v) is 4.20. The van der Waals surface area contributed by atoms with Gasteiger partial charge in [0.2, 0.25) is 0 Å². The molecule has 6 heteroatoms. The van der Waals surface area contributed by atoms with E-state index < -0.39 is 5.82 Å². The van der Waals surface area contributed by atoms with Crippen molar-refractivity contribution in [2.24, 2.45) is 0 Å². The predicted molar refractivity (Wildman–Crippen MR) is 64.4 cm³/mol. The van der Waals surface area contributed by atoms with Crippen LogP contribution in [0.1, 0.15) is 0 Å². The first kappa shape index (κ1) is 11.3. The highest BCUT2D eigenvalue weighted by molar-refractivity contribution is 9.10. The van der Waals surface area contributed by atoms with E-state index in [2.05, 4.69) is 31.2 Å². The molecule has 0 unspecified atom stereocenters. The average Bonchev–Trinajstić information content (AvgIpc) is 2.24. The van der Waals surface area contributed by atoms with E-state index in [0.29, 0.717) is 16.1 Å². The van der Waals surface area contributed by atoms with Crippen LogP contribution in [0.5, 0.6) is 0 Å². The first-order valence-corrected chi connectivity index (χ1v) is 5.52. The highest BCUT2D eigenvalue weighted by Crippen LogP contribution is 2.22. The van der Waals surface area contributed by atoms with Crippen LogP contribution >= 0.6 is 27.5 Å². The van der Waals surface area contributed by atoms with Gasteiger partial charge in [-0.1, -0.05) is 11.6 Å². The van der Waals surface area contributed by atoms with E-state index in [4.69, 9.17) is 11.6 Å². The van der Waals surface area contributed by atoms with E-state index in [-0.39, 0.29) is 5.02 Å². The minimum atomic E-state index is -0.448. The summed E-state index contributed by atoms with van der Waals surface area (Å²) >= 11 is 8.88. The van der Waals surface area contributed by atoms with Gasteiger partial charge in [0.1, 0.15) is 22.6 Å². The minimum Gasteiger partial charge on any atom is -0.340 e. The van der Waals surface area contributed by atoms with Gasteiger partial charge in [0.25, 0.3) is 0 Å². The third-order valence-electron chi connectivity index (χ3n) is 1.83. The molecule has 1 aromatic carbocycles. The van der Waals surface area contributed by atoms with E-state index in [1.165, 1.54) is 18.5 Å². The lowest BCUT2D eigenvalue weighted by Crippen LogP contribution is -1.94. The van der Waals surface area contributed by atoms with Gasteiger partial charge < -0.3 is 5.32 Å². The summed E-state index contributed by atoms with van der Waals surface area (Å²) in [5, 5.41) is 3.05. The van der Waals surface area contributed by atoms with Crippen molar-refractivity contribution >= 4 is 39.0 Å². The number of nitrogens with one attached hydrogen (secondary N) is 1. The van der Waals surface area contributed by atoms with Crippen LogP contribution in [0, 0.1) is 5.82 Å². The fourth-order valence-corrected chi connectivity index (χ4v) is 1.61. The zero-order valence-electron chi connectivity index (χ0n) is 7.92. The lowest BCUT2D eigenvalue weighted by atomic mass is 10.3. The molecule has 1 heterocycles. The van der Waals surface area contributed by atoms with Crippen LogP contribution in [0.25, 0.3) is 0 Å². The van der Waals surface area contributed by atoms with Crippen molar-refractivity contribution in [2.45, 2.75) is 0 Å². The molecule has 1 aromatic heterocycles. The molecule has 2 aromatic rings. The maximum absolute atomic E-state index is 12.9. The Kier molecular flexibility index (Phi) is 3.36. The topological polar surface area (TPSA) is 37.8 Å². The Morgan fingerprint density at radius 3 is 2.75 bits per heavy atom. The van der Waals surface area contributed by atoms with Gasteiger partial charge in [-0.05, 0) is 34.1 Å². The molecule has 0 fully saturated rings. The quantitative estimate of drug-likeness (QED) is 0.858. The van der Waals surface area contributed by atoms with Gasteiger partial charge in [-0.3, -0.25) is 0 Å². The largest absolute Gasteiger partial charge is 0.340 e. The zero-order chi connectivity index (χ0) is 11.5. The monoisotopic (exact) mass is 301 g/mol. The Morgan fingerprint density at radius 2 is 2.06 bits per heavy atom. The number of hydrogen-bond donors (Lipinski definition) is 1. The lowest BCUT2D eigenvalue weighted by molar-refractivity contribution is 0.628. The Bertz CT molecular complexity index is 521. The normalized spacial score (nSPS) is 10.2. The van der Waals surface area contributed by atoms with Gasteiger partial charge in [0.05, 0.1) is 5.02 Å². The summed E-state index contributed by atoms with van der Waals surface area (Å²) in [6.07, 6.45) is 1.41. The number of nitrogens with zero attached hydrogens (tertiary/aromatic N) is 2. The number of benzene rings is 1. The van der Waals surface area contributed by atoms with Crippen molar-refractivity contribution in [2.75, 3.05) is 5.32 Å². The molecular formula is C10H6BrClFN3. The van der Waals surface area contributed by atoms with Crippen LogP contribution in [-0.2, 0) is 0 Å². The van der Waals surface area contributed by atoms with Crippen LogP contribution in [-0.4, -0.2) is 9.97 Å². The molecule has 0 saturated heterocycles. The molecule has 0 saturated carbocycles. The molecule has 2 rings (SSSR count). The van der Waals surface area contributed by atoms with Gasteiger partial charge in [-0.25, -0.2) is 14.4 Å². The van der Waals surface area contributed by atoms with Crippen LogP contribution in [0.4, 0.5) is 15.9 Å². The SMILES string of the molecule is Fc1ccc(Nc2cc(Br)ncn2)cc1Cl. The van der Waals surface area contributed by atoms with Gasteiger partial charge >= 0.3 is 0 Å². The van der Waals surface area contributed by atoms with Crippen LogP contribution in [0.3, 0.4) is 0 Å². The first-order valence-electron chi connectivity index (χ1n) is 4.35. The zero-order valence-corrected chi connectivity index (χ0v) is 10.3. The number of anilines is 2. The molecule has 82 valence electrons. The summed E-state index contributed by atoms with van der Waals surface area (Å²) in [5.41, 5.74) is 0.664. The van der Waals surface area contributed by atoms with Gasteiger partial charge in [0, 0.05) is 11.8 Å². The van der Waals surface area contributed by atoms with E-state index in [0.717, 1.165) is 0 Å².